The lowest BCUT2D eigenvalue weighted by atomic mass is 9.88. The SMILES string of the molecule is CC(=O)NC1C(O)CC(OCC2OC(OC(C(O)CO)C(O)C(N)C=O)C(O)C(O)C2O)(C(=O)O)OC1C(O)C(O)CO. The van der Waals surface area contributed by atoms with Gasteiger partial charge in [-0.15, -0.1) is 0 Å². The van der Waals surface area contributed by atoms with Gasteiger partial charge in [0.2, 0.25) is 5.91 Å². The zero-order valence-corrected chi connectivity index (χ0v) is 22.8. The molecule has 14 N–H and O–H groups in total. The lowest BCUT2D eigenvalue weighted by Crippen LogP contribution is -2.68. The van der Waals surface area contributed by atoms with Gasteiger partial charge < -0.3 is 91.0 Å². The molecule has 15 atom stereocenters. The first-order chi connectivity index (χ1) is 20.0. The van der Waals surface area contributed by atoms with Crippen molar-refractivity contribution in [3.8, 4) is 0 Å². The summed E-state index contributed by atoms with van der Waals surface area (Å²) in [5, 5.41) is 113. The molecular weight excluding hydrogens is 592 g/mol. The summed E-state index contributed by atoms with van der Waals surface area (Å²) in [5.74, 6) is -5.47. The van der Waals surface area contributed by atoms with Gasteiger partial charge in [-0.3, -0.25) is 4.79 Å². The summed E-state index contributed by atoms with van der Waals surface area (Å²) in [5.41, 5.74) is 5.44. The second kappa shape index (κ2) is 15.8. The number of carbonyl (C=O) groups is 3. The molecule has 2 rings (SSSR count). The van der Waals surface area contributed by atoms with E-state index in [4.69, 9.17) is 24.7 Å². The van der Waals surface area contributed by atoms with Gasteiger partial charge in [-0.1, -0.05) is 0 Å². The van der Waals surface area contributed by atoms with Gasteiger partial charge in [0.25, 0.3) is 5.79 Å². The van der Waals surface area contributed by atoms with Crippen LogP contribution in [0.2, 0.25) is 0 Å². The van der Waals surface area contributed by atoms with Crippen molar-refractivity contribution in [1.29, 1.82) is 0 Å². The topological polar surface area (TPSA) is 349 Å². The van der Waals surface area contributed by atoms with Crippen LogP contribution in [0.5, 0.6) is 0 Å². The van der Waals surface area contributed by atoms with Crippen LogP contribution in [-0.4, -0.2) is 185 Å². The van der Waals surface area contributed by atoms with Crippen molar-refractivity contribution < 1.29 is 89.5 Å². The number of nitrogens with two attached hydrogens (primary N) is 1. The number of hydrogen-bond acceptors (Lipinski definition) is 18. The van der Waals surface area contributed by atoms with Crippen LogP contribution in [0.1, 0.15) is 13.3 Å². The van der Waals surface area contributed by atoms with E-state index < -0.39 is 129 Å². The number of carbonyl (C=O) groups excluding carboxylic acids is 2. The van der Waals surface area contributed by atoms with E-state index in [1.807, 2.05) is 0 Å². The second-order valence-electron chi connectivity index (χ2n) is 10.3. The molecule has 20 nitrogen and oxygen atoms in total. The third kappa shape index (κ3) is 8.59. The second-order valence-corrected chi connectivity index (χ2v) is 10.3. The molecule has 0 aromatic carbocycles. The fourth-order valence-corrected chi connectivity index (χ4v) is 4.62. The summed E-state index contributed by atoms with van der Waals surface area (Å²) in [4.78, 5) is 35.0. The van der Waals surface area contributed by atoms with Crippen molar-refractivity contribution in [1.82, 2.24) is 5.32 Å². The van der Waals surface area contributed by atoms with E-state index in [-0.39, 0.29) is 6.29 Å². The van der Waals surface area contributed by atoms with Crippen molar-refractivity contribution >= 4 is 18.2 Å². The standard InChI is InChI=1S/C23H40N2O18/c1-7(29)25-13-9(30)2-23(22(38)39,43-20(13)15(34)10(31)4-27)40-6-12-16(35)17(36)18(37)21(41-12)42-19(11(32)5-28)14(33)8(24)3-26/h3,8-21,27-28,30-37H,2,4-6,24H2,1H3,(H,25,29)(H,38,39). The number of hydrogen-bond donors (Lipinski definition) is 13. The average Bonchev–Trinajstić information content (AvgIpc) is 2.97. The number of aldehydes is 1. The van der Waals surface area contributed by atoms with Gasteiger partial charge in [0, 0.05) is 13.3 Å². The number of ether oxygens (including phenoxy) is 4. The molecule has 0 saturated carbocycles. The Hall–Kier alpha value is -1.99. The van der Waals surface area contributed by atoms with Crippen LogP contribution in [0.3, 0.4) is 0 Å². The van der Waals surface area contributed by atoms with E-state index in [0.717, 1.165) is 6.92 Å². The van der Waals surface area contributed by atoms with Crippen LogP contribution in [0, 0.1) is 0 Å². The van der Waals surface area contributed by atoms with Crippen LogP contribution >= 0.6 is 0 Å². The van der Waals surface area contributed by atoms with Crippen LogP contribution in [0.25, 0.3) is 0 Å². The molecule has 2 aliphatic heterocycles. The fourth-order valence-electron chi connectivity index (χ4n) is 4.62. The summed E-state index contributed by atoms with van der Waals surface area (Å²) in [7, 11) is 0. The smallest absolute Gasteiger partial charge is 0.364 e. The minimum atomic E-state index is -2.85. The maximum absolute atomic E-state index is 12.3. The van der Waals surface area contributed by atoms with Gasteiger partial charge in [0.05, 0.1) is 38.0 Å². The zero-order valence-electron chi connectivity index (χ0n) is 22.8. The van der Waals surface area contributed by atoms with E-state index >= 15 is 0 Å². The summed E-state index contributed by atoms with van der Waals surface area (Å²) in [6.07, 6.45) is -24.1. The highest BCUT2D eigenvalue weighted by Crippen LogP contribution is 2.35. The Morgan fingerprint density at radius 3 is 2.16 bits per heavy atom. The van der Waals surface area contributed by atoms with E-state index in [1.165, 1.54) is 0 Å². The molecule has 1 amide bonds. The molecule has 250 valence electrons. The molecule has 20 heteroatoms. The number of aliphatic carboxylic acids is 1. The molecule has 2 fully saturated rings. The minimum Gasteiger partial charge on any atom is -0.477 e. The summed E-state index contributed by atoms with van der Waals surface area (Å²) in [6, 6.07) is -3.13. The van der Waals surface area contributed by atoms with Crippen LogP contribution in [0.15, 0.2) is 0 Å². The lowest BCUT2D eigenvalue weighted by molar-refractivity contribution is -0.348. The lowest BCUT2D eigenvalue weighted by Gasteiger charge is -2.47. The van der Waals surface area contributed by atoms with Crippen LogP contribution < -0.4 is 11.1 Å². The Morgan fingerprint density at radius 2 is 1.65 bits per heavy atom. The number of aliphatic hydroxyl groups excluding tert-OH is 10. The van der Waals surface area contributed by atoms with Gasteiger partial charge in [0.1, 0.15) is 67.3 Å². The Kier molecular flexibility index (Phi) is 13.7. The highest BCUT2D eigenvalue weighted by Gasteiger charge is 2.57. The van der Waals surface area contributed by atoms with Gasteiger partial charge in [-0.05, 0) is 0 Å². The molecule has 2 saturated heterocycles. The first kappa shape index (κ1) is 37.2. The van der Waals surface area contributed by atoms with Gasteiger partial charge in [0.15, 0.2) is 6.29 Å². The number of aliphatic hydroxyl groups is 10. The maximum atomic E-state index is 12.3. The number of carboxylic acid groups (broad SMARTS) is 1. The van der Waals surface area contributed by atoms with Crippen molar-refractivity contribution in [3.05, 3.63) is 0 Å². The predicted molar refractivity (Wildman–Crippen MR) is 133 cm³/mol. The predicted octanol–water partition coefficient (Wildman–Crippen LogP) is -8.41. The van der Waals surface area contributed by atoms with Crippen LogP contribution in [0.4, 0.5) is 0 Å². The highest BCUT2D eigenvalue weighted by molar-refractivity contribution is 5.76. The number of carboxylic acids is 1. The number of nitrogens with one attached hydrogen (secondary N) is 1. The highest BCUT2D eigenvalue weighted by atomic mass is 16.7. The molecule has 0 aliphatic carbocycles. The first-order valence-corrected chi connectivity index (χ1v) is 13.0. The molecule has 0 aromatic heterocycles. The Labute approximate surface area is 243 Å². The van der Waals surface area contributed by atoms with Crippen molar-refractivity contribution in [3.63, 3.8) is 0 Å². The van der Waals surface area contributed by atoms with E-state index in [2.05, 4.69) is 5.32 Å². The summed E-state index contributed by atoms with van der Waals surface area (Å²) >= 11 is 0. The average molecular weight is 633 g/mol. The molecule has 0 radical (unpaired) electrons. The Bertz CT molecular complexity index is 931. The monoisotopic (exact) mass is 632 g/mol. The maximum Gasteiger partial charge on any atom is 0.364 e. The van der Waals surface area contributed by atoms with E-state index in [0.29, 0.717) is 0 Å². The minimum absolute atomic E-state index is 0.0999. The van der Waals surface area contributed by atoms with Crippen LogP contribution in [-0.2, 0) is 33.3 Å². The van der Waals surface area contributed by atoms with Crippen molar-refractivity contribution in [2.75, 3.05) is 19.8 Å². The normalized spacial score (nSPS) is 37.4. The van der Waals surface area contributed by atoms with Crippen molar-refractivity contribution in [2.24, 2.45) is 5.73 Å². The largest absolute Gasteiger partial charge is 0.477 e. The van der Waals surface area contributed by atoms with Crippen molar-refractivity contribution in [2.45, 2.75) is 105 Å². The fraction of sp³-hybridized carbons (Fsp3) is 0.870. The molecule has 0 aromatic rings. The molecule has 15 unspecified atom stereocenters. The molecule has 2 aliphatic rings. The quantitative estimate of drug-likeness (QED) is 0.0745. The first-order valence-electron chi connectivity index (χ1n) is 13.0. The third-order valence-electron chi connectivity index (χ3n) is 7.08. The molecule has 0 spiro atoms. The molecular formula is C23H40N2O18. The van der Waals surface area contributed by atoms with Gasteiger partial charge in [-0.2, -0.15) is 0 Å². The third-order valence-corrected chi connectivity index (χ3v) is 7.08. The Balaban J connectivity index is 2.33. The molecule has 2 heterocycles. The zero-order chi connectivity index (χ0) is 32.8. The summed E-state index contributed by atoms with van der Waals surface area (Å²) < 4.78 is 21.5. The molecule has 0 bridgehead atoms. The van der Waals surface area contributed by atoms with Gasteiger partial charge >= 0.3 is 5.97 Å². The summed E-state index contributed by atoms with van der Waals surface area (Å²) in [6.45, 7) is -1.99. The number of rotatable bonds is 15. The van der Waals surface area contributed by atoms with E-state index in [9.17, 15) is 70.6 Å². The number of amides is 1. The van der Waals surface area contributed by atoms with E-state index in [1.54, 1.807) is 0 Å². The molecule has 43 heavy (non-hydrogen) atoms. The van der Waals surface area contributed by atoms with Gasteiger partial charge in [-0.25, -0.2) is 4.79 Å². The Morgan fingerprint density at radius 1 is 1.05 bits per heavy atom.